The summed E-state index contributed by atoms with van der Waals surface area (Å²) in [6.07, 6.45) is 30.8. The van der Waals surface area contributed by atoms with Crippen LogP contribution in [0.2, 0.25) is 0 Å². The van der Waals surface area contributed by atoms with Gasteiger partial charge in [-0.05, 0) is 32.1 Å². The van der Waals surface area contributed by atoms with Crippen LogP contribution in [0.3, 0.4) is 0 Å². The molecule has 51 heavy (non-hydrogen) atoms. The molecule has 0 saturated carbocycles. The Labute approximate surface area is 308 Å². The maximum Gasteiger partial charge on any atom is 0.472 e. The highest BCUT2D eigenvalue weighted by molar-refractivity contribution is 7.47. The fraction of sp³-hybridized carbons (Fsp3) is 0.744. The van der Waals surface area contributed by atoms with Gasteiger partial charge in [-0.1, -0.05) is 146 Å². The van der Waals surface area contributed by atoms with E-state index in [2.05, 4.69) is 13.8 Å². The number of rotatable bonds is 35. The number of hydrogen-bond acceptors (Lipinski definition) is 10. The second-order valence-electron chi connectivity index (χ2n) is 12.9. The third kappa shape index (κ3) is 34.7. The monoisotopic (exact) mass is 743 g/mol. The molecule has 296 valence electrons. The number of esters is 2. The standard InChI is InChI=1S/C39H70NO10P/c1-3-5-7-8-9-10-11-12-16-19-23-29-39(44)50-37(34-49-51(45,46)48-32-31-40)33-47-38(43)30-24-28-36(42)27-22-18-15-13-14-17-21-26-35(41)25-20-6-4-2/h14-15,17-18,21-22,26-27,35-37,41-42H,3-13,16,19-20,23-25,28-34,40H2,1-2H3,(H,45,46)/b17-14-,18-15-,26-21+,27-22+/t35-,36-,37+/m0/s1. The number of carbonyl (C=O) groups excluding carboxylic acids is 2. The van der Waals surface area contributed by atoms with Crippen LogP contribution in [-0.2, 0) is 32.7 Å². The van der Waals surface area contributed by atoms with Gasteiger partial charge in [0.2, 0.25) is 0 Å². The summed E-state index contributed by atoms with van der Waals surface area (Å²) in [7, 11) is -4.42. The van der Waals surface area contributed by atoms with Crippen molar-refractivity contribution < 1.29 is 47.8 Å². The van der Waals surface area contributed by atoms with Crippen LogP contribution in [-0.4, -0.2) is 71.7 Å². The van der Waals surface area contributed by atoms with Gasteiger partial charge in [-0.15, -0.1) is 0 Å². The van der Waals surface area contributed by atoms with E-state index < -0.39 is 44.7 Å². The molecule has 0 aromatic carbocycles. The van der Waals surface area contributed by atoms with Gasteiger partial charge in [0.15, 0.2) is 6.10 Å². The van der Waals surface area contributed by atoms with Crippen molar-refractivity contribution in [2.75, 3.05) is 26.4 Å². The third-order valence-electron chi connectivity index (χ3n) is 7.93. The maximum atomic E-state index is 12.5. The number of unbranched alkanes of at least 4 members (excludes halogenated alkanes) is 12. The lowest BCUT2D eigenvalue weighted by Gasteiger charge is -2.20. The molecule has 0 fully saturated rings. The van der Waals surface area contributed by atoms with E-state index in [-0.39, 0.29) is 32.6 Å². The number of aliphatic hydroxyl groups excluding tert-OH is 2. The Morgan fingerprint density at radius 1 is 0.667 bits per heavy atom. The Hall–Kier alpha value is -2.11. The van der Waals surface area contributed by atoms with E-state index in [9.17, 15) is 29.3 Å². The molecule has 0 aromatic rings. The van der Waals surface area contributed by atoms with Gasteiger partial charge in [0.25, 0.3) is 0 Å². The van der Waals surface area contributed by atoms with Crippen LogP contribution >= 0.6 is 7.82 Å². The predicted molar refractivity (Wildman–Crippen MR) is 204 cm³/mol. The molecule has 4 atom stereocenters. The number of aliphatic hydroxyl groups is 2. The summed E-state index contributed by atoms with van der Waals surface area (Å²) in [4.78, 5) is 34.7. The van der Waals surface area contributed by atoms with E-state index in [1.165, 1.54) is 44.9 Å². The second kappa shape index (κ2) is 34.9. The van der Waals surface area contributed by atoms with Gasteiger partial charge in [0.05, 0.1) is 25.4 Å². The summed E-state index contributed by atoms with van der Waals surface area (Å²) >= 11 is 0. The van der Waals surface area contributed by atoms with Crippen LogP contribution in [0.5, 0.6) is 0 Å². The van der Waals surface area contributed by atoms with Crippen molar-refractivity contribution in [3.63, 3.8) is 0 Å². The van der Waals surface area contributed by atoms with E-state index in [1.54, 1.807) is 18.2 Å². The van der Waals surface area contributed by atoms with E-state index >= 15 is 0 Å². The Balaban J connectivity index is 4.47. The first-order chi connectivity index (χ1) is 24.6. The molecule has 0 saturated heterocycles. The van der Waals surface area contributed by atoms with Crippen LogP contribution in [0.1, 0.15) is 142 Å². The number of hydrogen-bond donors (Lipinski definition) is 4. The van der Waals surface area contributed by atoms with Crippen molar-refractivity contribution in [3.05, 3.63) is 48.6 Å². The van der Waals surface area contributed by atoms with Gasteiger partial charge < -0.3 is 30.3 Å². The van der Waals surface area contributed by atoms with Gasteiger partial charge in [-0.2, -0.15) is 0 Å². The molecule has 5 N–H and O–H groups in total. The van der Waals surface area contributed by atoms with Crippen molar-refractivity contribution in [1.82, 2.24) is 0 Å². The first-order valence-electron chi connectivity index (χ1n) is 19.3. The quantitative estimate of drug-likeness (QED) is 0.0213. The SMILES string of the molecule is CCCCCCCCCCCCCC(=O)O[C@H](COC(=O)CCC[C@@H](O)/C=C/C=C\C/C=C\C=C\[C@@H](O)CCCCC)COP(=O)(O)OCCN. The normalized spacial score (nSPS) is 15.2. The highest BCUT2D eigenvalue weighted by Gasteiger charge is 2.26. The fourth-order valence-electron chi connectivity index (χ4n) is 4.96. The minimum absolute atomic E-state index is 0.0200. The lowest BCUT2D eigenvalue weighted by molar-refractivity contribution is -0.161. The highest BCUT2D eigenvalue weighted by Crippen LogP contribution is 2.43. The van der Waals surface area contributed by atoms with Crippen molar-refractivity contribution >= 4 is 19.8 Å². The number of phosphoric ester groups is 1. The smallest absolute Gasteiger partial charge is 0.462 e. The Morgan fingerprint density at radius 2 is 1.18 bits per heavy atom. The third-order valence-corrected chi connectivity index (χ3v) is 8.91. The molecule has 0 aliphatic carbocycles. The zero-order valence-electron chi connectivity index (χ0n) is 31.5. The number of allylic oxidation sites excluding steroid dienone is 6. The summed E-state index contributed by atoms with van der Waals surface area (Å²) in [5.41, 5.74) is 5.31. The van der Waals surface area contributed by atoms with Crippen molar-refractivity contribution in [1.29, 1.82) is 0 Å². The molecule has 0 spiro atoms. The molecular weight excluding hydrogens is 673 g/mol. The number of phosphoric acid groups is 1. The molecule has 0 aliphatic heterocycles. The average Bonchev–Trinajstić information content (AvgIpc) is 3.10. The molecular formula is C39H70NO10P. The topological polar surface area (TPSA) is 175 Å². The largest absolute Gasteiger partial charge is 0.472 e. The molecule has 0 aromatic heterocycles. The van der Waals surface area contributed by atoms with Crippen LogP contribution in [0.4, 0.5) is 0 Å². The van der Waals surface area contributed by atoms with Crippen LogP contribution in [0.25, 0.3) is 0 Å². The van der Waals surface area contributed by atoms with E-state index in [1.807, 2.05) is 30.4 Å². The minimum Gasteiger partial charge on any atom is -0.462 e. The summed E-state index contributed by atoms with van der Waals surface area (Å²) in [6, 6.07) is 0. The van der Waals surface area contributed by atoms with Crippen molar-refractivity contribution in [2.24, 2.45) is 5.73 Å². The van der Waals surface area contributed by atoms with E-state index in [0.29, 0.717) is 25.7 Å². The molecule has 1 unspecified atom stereocenters. The van der Waals surface area contributed by atoms with Gasteiger partial charge in [-0.3, -0.25) is 18.6 Å². The number of nitrogens with two attached hydrogens (primary N) is 1. The summed E-state index contributed by atoms with van der Waals surface area (Å²) in [6.45, 7) is 3.33. The van der Waals surface area contributed by atoms with Gasteiger partial charge in [0.1, 0.15) is 6.61 Å². The zero-order chi connectivity index (χ0) is 37.8. The summed E-state index contributed by atoms with van der Waals surface area (Å²) in [5.74, 6) is -1.06. The van der Waals surface area contributed by atoms with Gasteiger partial charge >= 0.3 is 19.8 Å². The molecule has 0 amide bonds. The van der Waals surface area contributed by atoms with Crippen molar-refractivity contribution in [2.45, 2.75) is 161 Å². The molecule has 0 aliphatic rings. The Morgan fingerprint density at radius 3 is 1.75 bits per heavy atom. The van der Waals surface area contributed by atoms with Crippen LogP contribution in [0, 0.1) is 0 Å². The molecule has 0 radical (unpaired) electrons. The fourth-order valence-corrected chi connectivity index (χ4v) is 5.73. The highest BCUT2D eigenvalue weighted by atomic mass is 31.2. The van der Waals surface area contributed by atoms with Crippen LogP contribution in [0.15, 0.2) is 48.6 Å². The minimum atomic E-state index is -4.42. The lowest BCUT2D eigenvalue weighted by atomic mass is 10.1. The zero-order valence-corrected chi connectivity index (χ0v) is 32.4. The Kier molecular flexibility index (Phi) is 33.5. The number of carbonyl (C=O) groups is 2. The maximum absolute atomic E-state index is 12.5. The molecule has 0 rings (SSSR count). The molecule has 11 nitrogen and oxygen atoms in total. The molecule has 12 heteroatoms. The summed E-state index contributed by atoms with van der Waals surface area (Å²) in [5, 5.41) is 20.1. The lowest BCUT2D eigenvalue weighted by Crippen LogP contribution is -2.29. The molecule has 0 bridgehead atoms. The van der Waals surface area contributed by atoms with Gasteiger partial charge in [-0.25, -0.2) is 4.57 Å². The van der Waals surface area contributed by atoms with E-state index in [4.69, 9.17) is 24.3 Å². The van der Waals surface area contributed by atoms with Crippen LogP contribution < -0.4 is 5.73 Å². The van der Waals surface area contributed by atoms with Crippen molar-refractivity contribution in [3.8, 4) is 0 Å². The summed E-state index contributed by atoms with van der Waals surface area (Å²) < 4.78 is 32.5. The molecule has 0 heterocycles. The second-order valence-corrected chi connectivity index (χ2v) is 14.3. The van der Waals surface area contributed by atoms with Gasteiger partial charge in [0, 0.05) is 19.4 Å². The average molecular weight is 744 g/mol. The predicted octanol–water partition coefficient (Wildman–Crippen LogP) is 8.32. The first kappa shape index (κ1) is 48.9. The number of ether oxygens (including phenoxy) is 2. The van der Waals surface area contributed by atoms with E-state index in [0.717, 1.165) is 44.9 Å². The Bertz CT molecular complexity index is 1020. The first-order valence-corrected chi connectivity index (χ1v) is 20.8.